The number of nitrogens with one attached hydrogen (secondary N) is 2. The SMILES string of the molecule is Cc1ccc(C(=O)NC(C)c2ccc3c(c2)CCCC3)cc1S(=O)(=O)Nc1cccc(C)c1C. The molecule has 2 N–H and O–H groups in total. The first-order valence-electron chi connectivity index (χ1n) is 11.8. The van der Waals surface area contributed by atoms with Gasteiger partial charge in [-0.05, 0) is 105 Å². The average molecular weight is 477 g/mol. The molecule has 6 heteroatoms. The molecule has 0 radical (unpaired) electrons. The summed E-state index contributed by atoms with van der Waals surface area (Å²) in [6.45, 7) is 7.50. The van der Waals surface area contributed by atoms with E-state index in [1.165, 1.54) is 30.0 Å². The summed E-state index contributed by atoms with van der Waals surface area (Å²) in [5, 5.41) is 3.03. The van der Waals surface area contributed by atoms with E-state index in [-0.39, 0.29) is 16.8 Å². The van der Waals surface area contributed by atoms with Crippen LogP contribution in [-0.4, -0.2) is 14.3 Å². The lowest BCUT2D eigenvalue weighted by Gasteiger charge is -2.20. The van der Waals surface area contributed by atoms with Crippen LogP contribution < -0.4 is 10.0 Å². The van der Waals surface area contributed by atoms with Gasteiger partial charge < -0.3 is 5.32 Å². The highest BCUT2D eigenvalue weighted by molar-refractivity contribution is 7.92. The van der Waals surface area contributed by atoms with Crippen molar-refractivity contribution in [3.63, 3.8) is 0 Å². The lowest BCUT2D eigenvalue weighted by molar-refractivity contribution is 0.0939. The van der Waals surface area contributed by atoms with Crippen molar-refractivity contribution in [3.8, 4) is 0 Å². The Morgan fingerprint density at radius 3 is 2.38 bits per heavy atom. The van der Waals surface area contributed by atoms with Gasteiger partial charge in [0.05, 0.1) is 16.6 Å². The molecule has 0 saturated carbocycles. The molecule has 0 fully saturated rings. The van der Waals surface area contributed by atoms with Crippen LogP contribution in [0, 0.1) is 20.8 Å². The number of fused-ring (bicyclic) bond motifs is 1. The van der Waals surface area contributed by atoms with E-state index in [0.29, 0.717) is 16.8 Å². The maximum atomic E-state index is 13.2. The van der Waals surface area contributed by atoms with Gasteiger partial charge in [-0.3, -0.25) is 9.52 Å². The Morgan fingerprint density at radius 2 is 1.62 bits per heavy atom. The number of carbonyl (C=O) groups excluding carboxylic acids is 1. The third-order valence-corrected chi connectivity index (χ3v) is 8.32. The van der Waals surface area contributed by atoms with E-state index in [0.717, 1.165) is 29.5 Å². The number of anilines is 1. The van der Waals surface area contributed by atoms with E-state index in [2.05, 4.69) is 28.2 Å². The molecular weight excluding hydrogens is 444 g/mol. The van der Waals surface area contributed by atoms with Crippen molar-refractivity contribution >= 4 is 21.6 Å². The molecule has 178 valence electrons. The predicted molar refractivity (Wildman–Crippen MR) is 137 cm³/mol. The fraction of sp³-hybridized carbons (Fsp3) is 0.321. The molecule has 4 rings (SSSR count). The second-order valence-corrected chi connectivity index (χ2v) is 10.9. The van der Waals surface area contributed by atoms with Crippen LogP contribution in [0.15, 0.2) is 59.5 Å². The molecule has 1 amide bonds. The summed E-state index contributed by atoms with van der Waals surface area (Å²) in [5.74, 6) is -0.298. The molecule has 1 aliphatic carbocycles. The van der Waals surface area contributed by atoms with Gasteiger partial charge in [-0.15, -0.1) is 0 Å². The molecule has 0 bridgehead atoms. The van der Waals surface area contributed by atoms with E-state index in [9.17, 15) is 13.2 Å². The first kappa shape index (κ1) is 24.0. The summed E-state index contributed by atoms with van der Waals surface area (Å²) in [7, 11) is -3.86. The Hall–Kier alpha value is -3.12. The monoisotopic (exact) mass is 476 g/mol. The zero-order valence-corrected chi connectivity index (χ0v) is 21.1. The molecule has 34 heavy (non-hydrogen) atoms. The summed E-state index contributed by atoms with van der Waals surface area (Å²) in [5.41, 5.74) is 7.14. The summed E-state index contributed by atoms with van der Waals surface area (Å²) in [6.07, 6.45) is 4.63. The predicted octanol–water partition coefficient (Wildman–Crippen LogP) is 5.78. The molecule has 3 aromatic carbocycles. The van der Waals surface area contributed by atoms with Gasteiger partial charge in [0.1, 0.15) is 0 Å². The van der Waals surface area contributed by atoms with Crippen LogP contribution in [0.5, 0.6) is 0 Å². The van der Waals surface area contributed by atoms with Crippen LogP contribution >= 0.6 is 0 Å². The Bertz CT molecular complexity index is 1350. The lowest BCUT2D eigenvalue weighted by atomic mass is 9.89. The van der Waals surface area contributed by atoms with Crippen molar-refractivity contribution in [1.82, 2.24) is 5.32 Å². The van der Waals surface area contributed by atoms with Crippen molar-refractivity contribution in [2.24, 2.45) is 0 Å². The molecule has 1 aliphatic rings. The quantitative estimate of drug-likeness (QED) is 0.473. The molecule has 0 saturated heterocycles. The topological polar surface area (TPSA) is 75.3 Å². The van der Waals surface area contributed by atoms with Crippen molar-refractivity contribution < 1.29 is 13.2 Å². The van der Waals surface area contributed by atoms with Crippen LogP contribution in [0.1, 0.15) is 69.5 Å². The molecular formula is C28H32N2O3S. The number of benzene rings is 3. The fourth-order valence-corrected chi connectivity index (χ4v) is 5.87. The molecule has 0 heterocycles. The third-order valence-electron chi connectivity index (χ3n) is 6.81. The Kier molecular flexibility index (Phi) is 6.80. The van der Waals surface area contributed by atoms with Crippen LogP contribution in [0.4, 0.5) is 5.69 Å². The van der Waals surface area contributed by atoms with E-state index in [4.69, 9.17) is 0 Å². The van der Waals surface area contributed by atoms with Crippen LogP contribution in [0.3, 0.4) is 0 Å². The smallest absolute Gasteiger partial charge is 0.262 e. The summed E-state index contributed by atoms with van der Waals surface area (Å²) in [6, 6.07) is 16.6. The maximum absolute atomic E-state index is 13.2. The molecule has 0 aliphatic heterocycles. The number of aryl methyl sites for hydroxylation is 4. The standard InChI is InChI=1S/C28H32N2O3S/c1-18-8-7-11-26(20(18)3)30-34(32,33)27-17-25(13-12-19(27)2)28(31)29-21(4)23-15-14-22-9-5-6-10-24(22)16-23/h7-8,11-17,21,30H,5-6,9-10H2,1-4H3,(H,29,31). The van der Waals surface area contributed by atoms with Crippen LogP contribution in [0.25, 0.3) is 0 Å². The van der Waals surface area contributed by atoms with Gasteiger partial charge in [0.25, 0.3) is 15.9 Å². The molecule has 3 aromatic rings. The fourth-order valence-electron chi connectivity index (χ4n) is 4.48. The number of amides is 1. The highest BCUT2D eigenvalue weighted by Crippen LogP contribution is 2.26. The Morgan fingerprint density at radius 1 is 0.882 bits per heavy atom. The normalized spacial score (nSPS) is 14.2. The Balaban J connectivity index is 1.55. The third kappa shape index (κ3) is 5.02. The zero-order valence-electron chi connectivity index (χ0n) is 20.2. The van der Waals surface area contributed by atoms with E-state index >= 15 is 0 Å². The number of carbonyl (C=O) groups is 1. The van der Waals surface area contributed by atoms with Gasteiger partial charge in [0.2, 0.25) is 0 Å². The van der Waals surface area contributed by atoms with Crippen molar-refractivity contribution in [1.29, 1.82) is 0 Å². The molecule has 1 unspecified atom stereocenters. The lowest BCUT2D eigenvalue weighted by Crippen LogP contribution is -2.27. The van der Waals surface area contributed by atoms with Crippen LogP contribution in [-0.2, 0) is 22.9 Å². The second-order valence-electron chi connectivity index (χ2n) is 9.26. The minimum atomic E-state index is -3.86. The first-order valence-corrected chi connectivity index (χ1v) is 13.3. The summed E-state index contributed by atoms with van der Waals surface area (Å²) < 4.78 is 29.1. The van der Waals surface area contributed by atoms with Gasteiger partial charge in [0.15, 0.2) is 0 Å². The van der Waals surface area contributed by atoms with Crippen molar-refractivity contribution in [2.75, 3.05) is 4.72 Å². The Labute approximate surface area is 202 Å². The number of rotatable bonds is 6. The molecule has 5 nitrogen and oxygen atoms in total. The molecule has 0 spiro atoms. The first-order chi connectivity index (χ1) is 16.2. The van der Waals surface area contributed by atoms with E-state index in [1.807, 2.05) is 32.9 Å². The summed E-state index contributed by atoms with van der Waals surface area (Å²) >= 11 is 0. The van der Waals surface area contributed by atoms with Gasteiger partial charge in [-0.1, -0.05) is 36.4 Å². The van der Waals surface area contributed by atoms with Crippen molar-refractivity contribution in [2.45, 2.75) is 64.3 Å². The molecule has 1 atom stereocenters. The van der Waals surface area contributed by atoms with Crippen LogP contribution in [0.2, 0.25) is 0 Å². The van der Waals surface area contributed by atoms with Crippen molar-refractivity contribution in [3.05, 3.63) is 93.5 Å². The van der Waals surface area contributed by atoms with Gasteiger partial charge in [0, 0.05) is 5.56 Å². The van der Waals surface area contributed by atoms with Gasteiger partial charge in [-0.25, -0.2) is 8.42 Å². The highest BCUT2D eigenvalue weighted by atomic mass is 32.2. The number of sulfonamides is 1. The second kappa shape index (κ2) is 9.63. The summed E-state index contributed by atoms with van der Waals surface area (Å²) in [4.78, 5) is 13.1. The van der Waals surface area contributed by atoms with Gasteiger partial charge in [-0.2, -0.15) is 0 Å². The zero-order chi connectivity index (χ0) is 24.5. The largest absolute Gasteiger partial charge is 0.346 e. The minimum Gasteiger partial charge on any atom is -0.346 e. The average Bonchev–Trinajstić information content (AvgIpc) is 2.81. The van der Waals surface area contributed by atoms with E-state index in [1.54, 1.807) is 25.1 Å². The van der Waals surface area contributed by atoms with E-state index < -0.39 is 10.0 Å². The maximum Gasteiger partial charge on any atom is 0.262 e. The van der Waals surface area contributed by atoms with Gasteiger partial charge >= 0.3 is 0 Å². The highest BCUT2D eigenvalue weighted by Gasteiger charge is 2.21. The minimum absolute atomic E-state index is 0.0995. The molecule has 0 aromatic heterocycles. The number of hydrogen-bond donors (Lipinski definition) is 2. The number of hydrogen-bond acceptors (Lipinski definition) is 3.